The molecule has 1 aliphatic rings. The molecule has 3 nitrogen and oxygen atoms in total. The van der Waals surface area contributed by atoms with Crippen molar-refractivity contribution in [1.82, 2.24) is 10.3 Å². The van der Waals surface area contributed by atoms with Crippen LogP contribution in [-0.4, -0.2) is 30.2 Å². The Morgan fingerprint density at radius 1 is 1.19 bits per heavy atom. The maximum Gasteiger partial charge on any atom is 0.0605 e. The molecule has 0 saturated carbocycles. The number of rotatable bonds is 3. The Bertz CT molecular complexity index is 582. The van der Waals surface area contributed by atoms with Gasteiger partial charge >= 0.3 is 0 Å². The topological polar surface area (TPSA) is 28.2 Å². The molecule has 0 radical (unpaired) electrons. The van der Waals surface area contributed by atoms with E-state index in [0.29, 0.717) is 12.1 Å². The van der Waals surface area contributed by atoms with Gasteiger partial charge in [-0.15, -0.1) is 0 Å². The van der Waals surface area contributed by atoms with Crippen molar-refractivity contribution in [2.75, 3.05) is 18.0 Å². The van der Waals surface area contributed by atoms with E-state index in [1.165, 1.54) is 11.3 Å². The number of hydrogen-bond acceptors (Lipinski definition) is 3. The van der Waals surface area contributed by atoms with Crippen molar-refractivity contribution >= 4 is 5.69 Å². The lowest BCUT2D eigenvalue weighted by Gasteiger charge is -2.41. The Balaban J connectivity index is 1.74. The van der Waals surface area contributed by atoms with Crippen molar-refractivity contribution in [3.8, 4) is 0 Å². The second kappa shape index (κ2) is 6.27. The van der Waals surface area contributed by atoms with Crippen molar-refractivity contribution in [3.05, 3.63) is 59.9 Å². The molecule has 1 aromatic carbocycles. The summed E-state index contributed by atoms with van der Waals surface area (Å²) in [5, 5.41) is 3.67. The zero-order chi connectivity index (χ0) is 14.7. The summed E-state index contributed by atoms with van der Waals surface area (Å²) in [6.45, 7) is 6.42. The highest BCUT2D eigenvalue weighted by molar-refractivity contribution is 5.51. The Hall–Kier alpha value is -1.87. The Morgan fingerprint density at radius 3 is 2.76 bits per heavy atom. The van der Waals surface area contributed by atoms with Gasteiger partial charge in [-0.25, -0.2) is 0 Å². The van der Waals surface area contributed by atoms with Crippen molar-refractivity contribution in [1.29, 1.82) is 0 Å². The third kappa shape index (κ3) is 3.24. The van der Waals surface area contributed by atoms with Gasteiger partial charge in [0.25, 0.3) is 0 Å². The molecule has 2 aromatic rings. The van der Waals surface area contributed by atoms with Gasteiger partial charge in [0.1, 0.15) is 0 Å². The van der Waals surface area contributed by atoms with E-state index in [1.807, 2.05) is 12.3 Å². The highest BCUT2D eigenvalue weighted by Crippen LogP contribution is 2.23. The largest absolute Gasteiger partial charge is 0.365 e. The number of hydrogen-bond donors (Lipinski definition) is 1. The highest BCUT2D eigenvalue weighted by atomic mass is 15.2. The summed E-state index contributed by atoms with van der Waals surface area (Å²) in [5.41, 5.74) is 3.78. The monoisotopic (exact) mass is 281 g/mol. The van der Waals surface area contributed by atoms with Crippen LogP contribution in [0, 0.1) is 6.92 Å². The van der Waals surface area contributed by atoms with Crippen LogP contribution in [0.1, 0.15) is 18.2 Å². The molecular formula is C18H23N3. The van der Waals surface area contributed by atoms with Gasteiger partial charge in [-0.3, -0.25) is 4.98 Å². The second-order valence-corrected chi connectivity index (χ2v) is 5.90. The van der Waals surface area contributed by atoms with E-state index in [2.05, 4.69) is 65.4 Å². The van der Waals surface area contributed by atoms with Gasteiger partial charge in [0, 0.05) is 31.4 Å². The molecule has 0 bridgehead atoms. The molecule has 1 aromatic heterocycles. The number of aryl methyl sites for hydroxylation is 1. The van der Waals surface area contributed by atoms with Crippen LogP contribution in [0.4, 0.5) is 5.69 Å². The lowest BCUT2D eigenvalue weighted by Crippen LogP contribution is -2.56. The predicted molar refractivity (Wildman–Crippen MR) is 87.7 cm³/mol. The Labute approximate surface area is 127 Å². The first-order valence-electron chi connectivity index (χ1n) is 7.69. The molecule has 0 spiro atoms. The zero-order valence-corrected chi connectivity index (χ0v) is 12.8. The van der Waals surface area contributed by atoms with Gasteiger partial charge in [-0.1, -0.05) is 30.3 Å². The van der Waals surface area contributed by atoms with Crippen LogP contribution >= 0.6 is 0 Å². The van der Waals surface area contributed by atoms with Gasteiger partial charge in [-0.05, 0) is 38.0 Å². The summed E-state index contributed by atoms with van der Waals surface area (Å²) in [6, 6.07) is 15.9. The third-order valence-corrected chi connectivity index (χ3v) is 4.26. The van der Waals surface area contributed by atoms with Crippen molar-refractivity contribution < 1.29 is 0 Å². The minimum atomic E-state index is 0.489. The fourth-order valence-electron chi connectivity index (χ4n) is 3.08. The summed E-state index contributed by atoms with van der Waals surface area (Å²) in [6.07, 6.45) is 2.94. The van der Waals surface area contributed by atoms with Crippen molar-refractivity contribution in [2.45, 2.75) is 32.4 Å². The summed E-state index contributed by atoms with van der Waals surface area (Å²) >= 11 is 0. The molecule has 0 amide bonds. The quantitative estimate of drug-likeness (QED) is 0.937. The molecule has 2 unspecified atom stereocenters. The smallest absolute Gasteiger partial charge is 0.0605 e. The molecule has 1 saturated heterocycles. The van der Waals surface area contributed by atoms with Crippen LogP contribution in [0.25, 0.3) is 0 Å². The molecular weight excluding hydrogens is 258 g/mol. The van der Waals surface area contributed by atoms with Crippen LogP contribution in [0.5, 0.6) is 0 Å². The Morgan fingerprint density at radius 2 is 2.00 bits per heavy atom. The van der Waals surface area contributed by atoms with Gasteiger partial charge in [0.2, 0.25) is 0 Å². The van der Waals surface area contributed by atoms with Gasteiger partial charge in [-0.2, -0.15) is 0 Å². The predicted octanol–water partition coefficient (Wildman–Crippen LogP) is 2.80. The van der Waals surface area contributed by atoms with Crippen molar-refractivity contribution in [2.24, 2.45) is 0 Å². The first-order valence-corrected chi connectivity index (χ1v) is 7.69. The molecule has 21 heavy (non-hydrogen) atoms. The maximum absolute atomic E-state index is 4.44. The number of nitrogens with zero attached hydrogens (tertiary/aromatic N) is 2. The lowest BCUT2D eigenvalue weighted by molar-refractivity contribution is 0.402. The minimum absolute atomic E-state index is 0.489. The SMILES string of the molecule is Cc1ncccc1N1CC(Cc2ccccc2)NCC1C. The van der Waals surface area contributed by atoms with Crippen LogP contribution in [0.15, 0.2) is 48.7 Å². The molecule has 1 fully saturated rings. The first kappa shape index (κ1) is 14.1. The van der Waals surface area contributed by atoms with E-state index in [0.717, 1.165) is 25.2 Å². The van der Waals surface area contributed by atoms with E-state index in [4.69, 9.17) is 0 Å². The second-order valence-electron chi connectivity index (χ2n) is 5.90. The molecule has 3 heteroatoms. The molecule has 1 N–H and O–H groups in total. The van der Waals surface area contributed by atoms with Gasteiger partial charge in [0.05, 0.1) is 11.4 Å². The summed E-state index contributed by atoms with van der Waals surface area (Å²) in [4.78, 5) is 6.93. The number of benzene rings is 1. The zero-order valence-electron chi connectivity index (χ0n) is 12.8. The molecule has 2 heterocycles. The maximum atomic E-state index is 4.44. The lowest BCUT2D eigenvalue weighted by atomic mass is 10.0. The number of piperazine rings is 1. The molecule has 110 valence electrons. The number of nitrogens with one attached hydrogen (secondary N) is 1. The van der Waals surface area contributed by atoms with Crippen LogP contribution in [0.3, 0.4) is 0 Å². The van der Waals surface area contributed by atoms with Gasteiger partial charge < -0.3 is 10.2 Å². The molecule has 2 atom stereocenters. The molecule has 3 rings (SSSR count). The average molecular weight is 281 g/mol. The third-order valence-electron chi connectivity index (χ3n) is 4.26. The minimum Gasteiger partial charge on any atom is -0.365 e. The summed E-state index contributed by atoms with van der Waals surface area (Å²) in [7, 11) is 0. The van der Waals surface area contributed by atoms with Crippen molar-refractivity contribution in [3.63, 3.8) is 0 Å². The first-order chi connectivity index (χ1) is 10.2. The average Bonchev–Trinajstić information content (AvgIpc) is 2.51. The van der Waals surface area contributed by atoms with Crippen LogP contribution in [0.2, 0.25) is 0 Å². The van der Waals surface area contributed by atoms with E-state index < -0.39 is 0 Å². The summed E-state index contributed by atoms with van der Waals surface area (Å²) in [5.74, 6) is 0. The van der Waals surface area contributed by atoms with Crippen LogP contribution < -0.4 is 10.2 Å². The fourth-order valence-corrected chi connectivity index (χ4v) is 3.08. The van der Waals surface area contributed by atoms with E-state index in [9.17, 15) is 0 Å². The highest BCUT2D eigenvalue weighted by Gasteiger charge is 2.26. The van der Waals surface area contributed by atoms with E-state index in [1.54, 1.807) is 0 Å². The number of anilines is 1. The molecule has 1 aliphatic heterocycles. The normalized spacial score (nSPS) is 22.3. The van der Waals surface area contributed by atoms with E-state index >= 15 is 0 Å². The number of aromatic nitrogens is 1. The number of pyridine rings is 1. The van der Waals surface area contributed by atoms with Gasteiger partial charge in [0.15, 0.2) is 0 Å². The fraction of sp³-hybridized carbons (Fsp3) is 0.389. The standard InChI is InChI=1S/C18H23N3/c1-14-12-20-17(11-16-7-4-3-5-8-16)13-21(14)18-9-6-10-19-15(18)2/h3-10,14,17,20H,11-13H2,1-2H3. The Kier molecular flexibility index (Phi) is 4.20. The van der Waals surface area contributed by atoms with Crippen LogP contribution in [-0.2, 0) is 6.42 Å². The van der Waals surface area contributed by atoms with E-state index in [-0.39, 0.29) is 0 Å². The molecule has 0 aliphatic carbocycles. The summed E-state index contributed by atoms with van der Waals surface area (Å²) < 4.78 is 0.